The van der Waals surface area contributed by atoms with Gasteiger partial charge in [0.2, 0.25) is 5.91 Å². The first-order valence-electron chi connectivity index (χ1n) is 5.72. The summed E-state index contributed by atoms with van der Waals surface area (Å²) >= 11 is 0. The number of aliphatic carboxylic acids is 1. The first kappa shape index (κ1) is 10.5. The number of carbonyl (C=O) groups is 2. The van der Waals surface area contributed by atoms with Gasteiger partial charge in [-0.1, -0.05) is 12.8 Å². The molecule has 0 radical (unpaired) electrons. The maximum atomic E-state index is 11.6. The number of hydrogen-bond acceptors (Lipinski definition) is 2. The van der Waals surface area contributed by atoms with Crippen molar-refractivity contribution in [2.75, 3.05) is 6.54 Å². The third kappa shape index (κ3) is 1.98. The van der Waals surface area contributed by atoms with Crippen LogP contribution < -0.4 is 0 Å². The molecule has 1 amide bonds. The molecule has 4 heteroatoms. The predicted octanol–water partition coefficient (Wildman–Crippen LogP) is 1.25. The molecule has 1 heterocycles. The van der Waals surface area contributed by atoms with Gasteiger partial charge in [-0.05, 0) is 19.3 Å². The van der Waals surface area contributed by atoms with Gasteiger partial charge >= 0.3 is 5.97 Å². The normalized spacial score (nSPS) is 32.0. The lowest BCUT2D eigenvalue weighted by Gasteiger charge is -2.35. The van der Waals surface area contributed by atoms with Gasteiger partial charge < -0.3 is 10.0 Å². The van der Waals surface area contributed by atoms with Crippen molar-refractivity contribution in [1.82, 2.24) is 4.90 Å². The highest BCUT2D eigenvalue weighted by Crippen LogP contribution is 2.31. The Hall–Kier alpha value is -1.06. The van der Waals surface area contributed by atoms with Crippen molar-refractivity contribution in [2.24, 2.45) is 5.92 Å². The zero-order valence-electron chi connectivity index (χ0n) is 8.82. The number of amides is 1. The lowest BCUT2D eigenvalue weighted by atomic mass is 9.83. The molecule has 84 valence electrons. The third-order valence-corrected chi connectivity index (χ3v) is 3.56. The number of rotatable bonds is 2. The van der Waals surface area contributed by atoms with Crippen LogP contribution in [0.5, 0.6) is 0 Å². The number of nitrogens with zero attached hydrogens (tertiary/aromatic N) is 1. The van der Waals surface area contributed by atoms with Gasteiger partial charge in [-0.15, -0.1) is 0 Å². The van der Waals surface area contributed by atoms with E-state index in [0.29, 0.717) is 6.42 Å². The molecule has 2 fully saturated rings. The second kappa shape index (κ2) is 4.21. The van der Waals surface area contributed by atoms with Crippen LogP contribution in [-0.4, -0.2) is 34.5 Å². The minimum Gasteiger partial charge on any atom is -0.481 e. The van der Waals surface area contributed by atoms with Crippen LogP contribution in [0.3, 0.4) is 0 Å². The van der Waals surface area contributed by atoms with Gasteiger partial charge in [0.1, 0.15) is 0 Å². The van der Waals surface area contributed by atoms with Crippen LogP contribution in [0.4, 0.5) is 0 Å². The molecule has 0 unspecified atom stereocenters. The van der Waals surface area contributed by atoms with E-state index in [1.165, 1.54) is 0 Å². The summed E-state index contributed by atoms with van der Waals surface area (Å²) in [6.45, 7) is 0.757. The van der Waals surface area contributed by atoms with Crippen molar-refractivity contribution < 1.29 is 14.7 Å². The van der Waals surface area contributed by atoms with Crippen LogP contribution in [0.1, 0.15) is 38.5 Å². The van der Waals surface area contributed by atoms with Crippen molar-refractivity contribution in [1.29, 1.82) is 0 Å². The van der Waals surface area contributed by atoms with Crippen molar-refractivity contribution in [3.63, 3.8) is 0 Å². The SMILES string of the molecule is O=C(O)[C@H]1CCCC[C@@H]1N1CCCC1=O. The molecular weight excluding hydrogens is 194 g/mol. The van der Waals surface area contributed by atoms with E-state index in [2.05, 4.69) is 0 Å². The first-order valence-corrected chi connectivity index (χ1v) is 5.72. The van der Waals surface area contributed by atoms with Crippen molar-refractivity contribution in [3.05, 3.63) is 0 Å². The summed E-state index contributed by atoms with van der Waals surface area (Å²) in [5, 5.41) is 9.12. The third-order valence-electron chi connectivity index (χ3n) is 3.56. The summed E-state index contributed by atoms with van der Waals surface area (Å²) in [6, 6.07) is -0.0359. The van der Waals surface area contributed by atoms with Gasteiger partial charge in [-0.2, -0.15) is 0 Å². The molecule has 0 aromatic heterocycles. The zero-order valence-corrected chi connectivity index (χ0v) is 8.82. The van der Waals surface area contributed by atoms with Crippen molar-refractivity contribution in [2.45, 2.75) is 44.6 Å². The minimum atomic E-state index is -0.737. The predicted molar refractivity (Wildman–Crippen MR) is 54.3 cm³/mol. The Morgan fingerprint density at radius 2 is 2.00 bits per heavy atom. The highest BCUT2D eigenvalue weighted by molar-refractivity contribution is 5.80. The molecule has 0 spiro atoms. The topological polar surface area (TPSA) is 57.6 Å². The van der Waals surface area contributed by atoms with Crippen LogP contribution in [0.25, 0.3) is 0 Å². The van der Waals surface area contributed by atoms with E-state index in [1.54, 1.807) is 4.90 Å². The van der Waals surface area contributed by atoms with E-state index >= 15 is 0 Å². The van der Waals surface area contributed by atoms with Crippen molar-refractivity contribution in [3.8, 4) is 0 Å². The molecule has 2 aliphatic rings. The van der Waals surface area contributed by atoms with Gasteiger partial charge in [0, 0.05) is 19.0 Å². The van der Waals surface area contributed by atoms with Gasteiger partial charge in [0.25, 0.3) is 0 Å². The fourth-order valence-electron chi connectivity index (χ4n) is 2.79. The maximum absolute atomic E-state index is 11.6. The monoisotopic (exact) mass is 211 g/mol. The van der Waals surface area contributed by atoms with Crippen molar-refractivity contribution >= 4 is 11.9 Å². The zero-order chi connectivity index (χ0) is 10.8. The Kier molecular flexibility index (Phi) is 2.93. The number of carboxylic acid groups (broad SMARTS) is 1. The molecule has 4 nitrogen and oxygen atoms in total. The molecular formula is C11H17NO3. The van der Waals surface area contributed by atoms with E-state index in [4.69, 9.17) is 5.11 Å². The lowest BCUT2D eigenvalue weighted by Crippen LogP contribution is -2.45. The van der Waals surface area contributed by atoms with Gasteiger partial charge in [-0.25, -0.2) is 0 Å². The Morgan fingerprint density at radius 3 is 2.60 bits per heavy atom. The molecule has 2 rings (SSSR count). The molecule has 1 aliphatic heterocycles. The summed E-state index contributed by atoms with van der Waals surface area (Å²) < 4.78 is 0. The van der Waals surface area contributed by atoms with Crippen LogP contribution in [-0.2, 0) is 9.59 Å². The average Bonchev–Trinajstić information content (AvgIpc) is 2.64. The Balaban J connectivity index is 2.10. The van der Waals surface area contributed by atoms with E-state index in [0.717, 1.165) is 38.6 Å². The standard InChI is InChI=1S/C11H17NO3/c13-10-6-3-7-12(10)9-5-2-1-4-8(9)11(14)15/h8-9H,1-7H2,(H,14,15)/t8-,9-/m0/s1. The molecule has 0 bridgehead atoms. The van der Waals surface area contributed by atoms with Gasteiger partial charge in [-0.3, -0.25) is 9.59 Å². The lowest BCUT2D eigenvalue weighted by molar-refractivity contribution is -0.147. The van der Waals surface area contributed by atoms with E-state index in [-0.39, 0.29) is 17.9 Å². The van der Waals surface area contributed by atoms with Crippen LogP contribution in [0.15, 0.2) is 0 Å². The first-order chi connectivity index (χ1) is 7.20. The Labute approximate surface area is 89.3 Å². The molecule has 1 N–H and O–H groups in total. The number of likely N-dealkylation sites (tertiary alicyclic amines) is 1. The number of hydrogen-bond donors (Lipinski definition) is 1. The molecule has 2 atom stereocenters. The quantitative estimate of drug-likeness (QED) is 0.748. The Bertz CT molecular complexity index is 275. The number of carbonyl (C=O) groups excluding carboxylic acids is 1. The molecule has 15 heavy (non-hydrogen) atoms. The van der Waals surface area contributed by atoms with Crippen LogP contribution >= 0.6 is 0 Å². The number of carboxylic acids is 1. The summed E-state index contributed by atoms with van der Waals surface area (Å²) in [4.78, 5) is 24.5. The largest absolute Gasteiger partial charge is 0.481 e. The van der Waals surface area contributed by atoms with Crippen LogP contribution in [0.2, 0.25) is 0 Å². The van der Waals surface area contributed by atoms with E-state index in [9.17, 15) is 9.59 Å². The maximum Gasteiger partial charge on any atom is 0.308 e. The second-order valence-corrected chi connectivity index (χ2v) is 4.49. The molecule has 1 aliphatic carbocycles. The summed E-state index contributed by atoms with van der Waals surface area (Å²) in [5.41, 5.74) is 0. The molecule has 0 aromatic rings. The highest BCUT2D eigenvalue weighted by Gasteiger charge is 2.38. The van der Waals surface area contributed by atoms with Gasteiger partial charge in [0.05, 0.1) is 5.92 Å². The Morgan fingerprint density at radius 1 is 1.27 bits per heavy atom. The molecule has 1 saturated heterocycles. The fraction of sp³-hybridized carbons (Fsp3) is 0.818. The minimum absolute atomic E-state index is 0.0359. The molecule has 1 saturated carbocycles. The average molecular weight is 211 g/mol. The summed E-state index contributed by atoms with van der Waals surface area (Å²) in [5.74, 6) is -0.923. The highest BCUT2D eigenvalue weighted by atomic mass is 16.4. The van der Waals surface area contributed by atoms with Gasteiger partial charge in [0.15, 0.2) is 0 Å². The fourth-order valence-corrected chi connectivity index (χ4v) is 2.79. The summed E-state index contributed by atoms with van der Waals surface area (Å²) in [6.07, 6.45) is 5.12. The smallest absolute Gasteiger partial charge is 0.308 e. The second-order valence-electron chi connectivity index (χ2n) is 4.49. The van der Waals surface area contributed by atoms with E-state index in [1.807, 2.05) is 0 Å². The molecule has 0 aromatic carbocycles. The van der Waals surface area contributed by atoms with E-state index < -0.39 is 5.97 Å². The van der Waals surface area contributed by atoms with Crippen LogP contribution in [0, 0.1) is 5.92 Å². The summed E-state index contributed by atoms with van der Waals surface area (Å²) in [7, 11) is 0.